The van der Waals surface area contributed by atoms with Crippen LogP contribution in [0.1, 0.15) is 46.6 Å². The van der Waals surface area contributed by atoms with Gasteiger partial charge in [0.05, 0.1) is 0 Å². The predicted octanol–water partition coefficient (Wildman–Crippen LogP) is 3.21. The molecule has 102 valence electrons. The van der Waals surface area contributed by atoms with Gasteiger partial charge in [-0.3, -0.25) is 0 Å². The van der Waals surface area contributed by atoms with E-state index in [9.17, 15) is 0 Å². The molecule has 0 aliphatic heterocycles. The van der Waals surface area contributed by atoms with Crippen molar-refractivity contribution in [2.24, 2.45) is 0 Å². The molecule has 0 spiro atoms. The summed E-state index contributed by atoms with van der Waals surface area (Å²) in [6.07, 6.45) is 3.13. The normalized spacial score (nSPS) is 11.6. The molecule has 0 bridgehead atoms. The summed E-state index contributed by atoms with van der Waals surface area (Å²) < 4.78 is 0. The highest BCUT2D eigenvalue weighted by Crippen LogP contribution is 2.12. The van der Waals surface area contributed by atoms with Crippen molar-refractivity contribution in [2.75, 3.05) is 18.0 Å². The molecule has 1 N–H and O–H groups in total. The molecule has 0 fully saturated rings. The highest BCUT2D eigenvalue weighted by atomic mass is 15.2. The Morgan fingerprint density at radius 3 is 2.39 bits per heavy atom. The Labute approximate surface area is 112 Å². The SMILES string of the molecule is CCCN(CC)c1ccc(CNC(C)(C)C)cn1. The van der Waals surface area contributed by atoms with Gasteiger partial charge in [-0.2, -0.15) is 0 Å². The molecule has 0 saturated heterocycles. The van der Waals surface area contributed by atoms with Crippen LogP contribution in [0.2, 0.25) is 0 Å². The van der Waals surface area contributed by atoms with Crippen LogP contribution in [0.25, 0.3) is 0 Å². The largest absolute Gasteiger partial charge is 0.357 e. The standard InChI is InChI=1S/C15H27N3/c1-6-10-18(7-2)14-9-8-13(11-16-14)12-17-15(3,4)5/h8-9,11,17H,6-7,10,12H2,1-5H3. The van der Waals surface area contributed by atoms with Gasteiger partial charge in [-0.25, -0.2) is 4.98 Å². The van der Waals surface area contributed by atoms with Crippen molar-refractivity contribution >= 4 is 5.82 Å². The molecule has 3 nitrogen and oxygen atoms in total. The number of pyridine rings is 1. The monoisotopic (exact) mass is 249 g/mol. The summed E-state index contributed by atoms with van der Waals surface area (Å²) in [5, 5.41) is 3.47. The molecule has 0 atom stereocenters. The smallest absolute Gasteiger partial charge is 0.128 e. The zero-order valence-electron chi connectivity index (χ0n) is 12.5. The number of nitrogens with one attached hydrogen (secondary N) is 1. The van der Waals surface area contributed by atoms with E-state index in [0.29, 0.717) is 0 Å². The van der Waals surface area contributed by atoms with Gasteiger partial charge in [0, 0.05) is 31.4 Å². The minimum absolute atomic E-state index is 0.149. The Morgan fingerprint density at radius 1 is 1.22 bits per heavy atom. The van der Waals surface area contributed by atoms with Gasteiger partial charge in [-0.1, -0.05) is 13.0 Å². The van der Waals surface area contributed by atoms with Gasteiger partial charge < -0.3 is 10.2 Å². The molecule has 1 aromatic rings. The molecule has 1 aromatic heterocycles. The fourth-order valence-corrected chi connectivity index (χ4v) is 1.78. The Kier molecular flexibility index (Phi) is 5.60. The van der Waals surface area contributed by atoms with E-state index in [0.717, 1.165) is 31.9 Å². The molecular weight excluding hydrogens is 222 g/mol. The fraction of sp³-hybridized carbons (Fsp3) is 0.667. The molecule has 0 unspecified atom stereocenters. The van der Waals surface area contributed by atoms with Crippen LogP contribution in [0.15, 0.2) is 18.3 Å². The molecule has 18 heavy (non-hydrogen) atoms. The molecule has 1 rings (SSSR count). The molecule has 0 radical (unpaired) electrons. The van der Waals surface area contributed by atoms with Crippen molar-refractivity contribution in [3.63, 3.8) is 0 Å². The van der Waals surface area contributed by atoms with Crippen LogP contribution in [0.3, 0.4) is 0 Å². The first-order valence-electron chi connectivity index (χ1n) is 6.91. The van der Waals surface area contributed by atoms with Crippen molar-refractivity contribution in [2.45, 2.75) is 53.1 Å². The van der Waals surface area contributed by atoms with Crippen molar-refractivity contribution < 1.29 is 0 Å². The second kappa shape index (κ2) is 6.74. The molecular formula is C15H27N3. The lowest BCUT2D eigenvalue weighted by Gasteiger charge is -2.22. The van der Waals surface area contributed by atoms with Crippen molar-refractivity contribution in [1.29, 1.82) is 0 Å². The first-order valence-corrected chi connectivity index (χ1v) is 6.91. The molecule has 0 aliphatic carbocycles. The maximum Gasteiger partial charge on any atom is 0.128 e. The molecule has 0 amide bonds. The molecule has 0 aliphatic rings. The van der Waals surface area contributed by atoms with Gasteiger partial charge in [0.25, 0.3) is 0 Å². The summed E-state index contributed by atoms with van der Waals surface area (Å²) >= 11 is 0. The number of rotatable bonds is 6. The van der Waals surface area contributed by atoms with Crippen LogP contribution in [0, 0.1) is 0 Å². The van der Waals surface area contributed by atoms with E-state index in [2.05, 4.69) is 62.0 Å². The quantitative estimate of drug-likeness (QED) is 0.839. The van der Waals surface area contributed by atoms with Gasteiger partial charge >= 0.3 is 0 Å². The third-order valence-electron chi connectivity index (χ3n) is 2.83. The van der Waals surface area contributed by atoms with Crippen LogP contribution in [0.4, 0.5) is 5.82 Å². The topological polar surface area (TPSA) is 28.2 Å². The maximum atomic E-state index is 4.56. The lowest BCUT2D eigenvalue weighted by atomic mass is 10.1. The average molecular weight is 249 g/mol. The minimum Gasteiger partial charge on any atom is -0.357 e. The van der Waals surface area contributed by atoms with E-state index in [1.54, 1.807) is 0 Å². The lowest BCUT2D eigenvalue weighted by Crippen LogP contribution is -2.35. The van der Waals surface area contributed by atoms with Crippen LogP contribution in [0.5, 0.6) is 0 Å². The van der Waals surface area contributed by atoms with Gasteiger partial charge in [0.15, 0.2) is 0 Å². The average Bonchev–Trinajstić information content (AvgIpc) is 2.33. The summed E-state index contributed by atoms with van der Waals surface area (Å²) in [4.78, 5) is 6.86. The van der Waals surface area contributed by atoms with Crippen molar-refractivity contribution in [1.82, 2.24) is 10.3 Å². The highest BCUT2D eigenvalue weighted by Gasteiger charge is 2.09. The zero-order chi connectivity index (χ0) is 13.6. The summed E-state index contributed by atoms with van der Waals surface area (Å²) in [7, 11) is 0. The van der Waals surface area contributed by atoms with Crippen LogP contribution in [-0.4, -0.2) is 23.6 Å². The second-order valence-corrected chi connectivity index (χ2v) is 5.71. The Hall–Kier alpha value is -1.09. The van der Waals surface area contributed by atoms with Crippen LogP contribution < -0.4 is 10.2 Å². The van der Waals surface area contributed by atoms with Crippen molar-refractivity contribution in [3.8, 4) is 0 Å². The molecule has 0 aromatic carbocycles. The number of hydrogen-bond acceptors (Lipinski definition) is 3. The lowest BCUT2D eigenvalue weighted by molar-refractivity contribution is 0.424. The number of anilines is 1. The summed E-state index contributed by atoms with van der Waals surface area (Å²) in [6, 6.07) is 4.29. The van der Waals surface area contributed by atoms with E-state index in [1.807, 2.05) is 6.20 Å². The van der Waals surface area contributed by atoms with Crippen molar-refractivity contribution in [3.05, 3.63) is 23.9 Å². The number of nitrogens with zero attached hydrogens (tertiary/aromatic N) is 2. The molecule has 3 heteroatoms. The predicted molar refractivity (Wildman–Crippen MR) is 79.0 cm³/mol. The Morgan fingerprint density at radius 2 is 1.94 bits per heavy atom. The van der Waals surface area contributed by atoms with E-state index in [1.165, 1.54) is 5.56 Å². The van der Waals surface area contributed by atoms with E-state index >= 15 is 0 Å². The Balaban J connectivity index is 2.61. The maximum absolute atomic E-state index is 4.56. The zero-order valence-corrected chi connectivity index (χ0v) is 12.5. The summed E-state index contributed by atoms with van der Waals surface area (Å²) in [5.41, 5.74) is 1.39. The van der Waals surface area contributed by atoms with Crippen LogP contribution >= 0.6 is 0 Å². The fourth-order valence-electron chi connectivity index (χ4n) is 1.78. The number of hydrogen-bond donors (Lipinski definition) is 1. The molecule has 0 saturated carbocycles. The third kappa shape index (κ3) is 5.05. The summed E-state index contributed by atoms with van der Waals surface area (Å²) in [6.45, 7) is 13.9. The first kappa shape index (κ1) is 15.0. The number of aromatic nitrogens is 1. The van der Waals surface area contributed by atoms with E-state index < -0.39 is 0 Å². The van der Waals surface area contributed by atoms with E-state index in [-0.39, 0.29) is 5.54 Å². The highest BCUT2D eigenvalue weighted by molar-refractivity contribution is 5.39. The van der Waals surface area contributed by atoms with E-state index in [4.69, 9.17) is 0 Å². The van der Waals surface area contributed by atoms with Gasteiger partial charge in [0.2, 0.25) is 0 Å². The summed E-state index contributed by atoms with van der Waals surface area (Å²) in [5.74, 6) is 1.08. The second-order valence-electron chi connectivity index (χ2n) is 5.71. The Bertz CT molecular complexity index is 338. The molecule has 1 heterocycles. The first-order chi connectivity index (χ1) is 8.46. The van der Waals surface area contributed by atoms with Gasteiger partial charge in [-0.05, 0) is 45.7 Å². The minimum atomic E-state index is 0.149. The van der Waals surface area contributed by atoms with Gasteiger partial charge in [-0.15, -0.1) is 0 Å². The third-order valence-corrected chi connectivity index (χ3v) is 2.83. The van der Waals surface area contributed by atoms with Crippen LogP contribution in [-0.2, 0) is 6.54 Å². The van der Waals surface area contributed by atoms with Gasteiger partial charge in [0.1, 0.15) is 5.82 Å².